The van der Waals surface area contributed by atoms with Crippen molar-refractivity contribution in [3.05, 3.63) is 34.3 Å². The Labute approximate surface area is 126 Å². The van der Waals surface area contributed by atoms with Gasteiger partial charge in [0.2, 0.25) is 0 Å². The maximum atomic E-state index is 6.53. The molecule has 0 amide bonds. The van der Waals surface area contributed by atoms with Crippen molar-refractivity contribution in [2.45, 2.75) is 38.0 Å². The van der Waals surface area contributed by atoms with E-state index >= 15 is 0 Å². The molecule has 2 aliphatic heterocycles. The Hall–Kier alpha value is -0.570. The van der Waals surface area contributed by atoms with Gasteiger partial charge in [-0.1, -0.05) is 23.7 Å². The third kappa shape index (κ3) is 3.55. The minimum Gasteiger partial charge on any atom is -0.381 e. The molecule has 2 nitrogen and oxygen atoms in total. The minimum atomic E-state index is 0.587. The van der Waals surface area contributed by atoms with Crippen molar-refractivity contribution in [1.29, 1.82) is 0 Å². The molecule has 0 saturated carbocycles. The number of halogens is 1. The Morgan fingerprint density at radius 1 is 1.10 bits per heavy atom. The first-order chi connectivity index (χ1) is 9.83. The van der Waals surface area contributed by atoms with Crippen LogP contribution in [0, 0.1) is 5.92 Å². The summed E-state index contributed by atoms with van der Waals surface area (Å²) in [4.78, 5) is 0. The molecule has 1 N–H and O–H groups in total. The van der Waals surface area contributed by atoms with Gasteiger partial charge in [-0.3, -0.25) is 0 Å². The standard InChI is InChI=1S/C17H24ClNO/c18-17-12-14(11-13-3-7-19-8-4-13)1-2-16(17)15-5-9-20-10-6-15/h1-2,12-13,15,19H,3-11H2. The molecular weight excluding hydrogens is 270 g/mol. The maximum absolute atomic E-state index is 6.53. The van der Waals surface area contributed by atoms with Crippen molar-refractivity contribution in [1.82, 2.24) is 5.32 Å². The molecule has 3 rings (SSSR count). The van der Waals surface area contributed by atoms with Crippen LogP contribution in [-0.4, -0.2) is 26.3 Å². The number of nitrogens with one attached hydrogen (secondary N) is 1. The molecule has 0 spiro atoms. The van der Waals surface area contributed by atoms with Gasteiger partial charge < -0.3 is 10.1 Å². The van der Waals surface area contributed by atoms with Gasteiger partial charge in [-0.05, 0) is 74.2 Å². The quantitative estimate of drug-likeness (QED) is 0.916. The average Bonchev–Trinajstić information content (AvgIpc) is 2.49. The second-order valence-corrected chi connectivity index (χ2v) is 6.55. The predicted octanol–water partition coefficient (Wildman–Crippen LogP) is 3.78. The highest BCUT2D eigenvalue weighted by Gasteiger charge is 2.19. The Morgan fingerprint density at radius 3 is 2.55 bits per heavy atom. The minimum absolute atomic E-state index is 0.587. The summed E-state index contributed by atoms with van der Waals surface area (Å²) in [5, 5.41) is 4.39. The Bertz CT molecular complexity index is 437. The zero-order valence-corrected chi connectivity index (χ0v) is 12.8. The van der Waals surface area contributed by atoms with E-state index in [4.69, 9.17) is 16.3 Å². The lowest BCUT2D eigenvalue weighted by molar-refractivity contribution is 0.0853. The monoisotopic (exact) mass is 293 g/mol. The van der Waals surface area contributed by atoms with Gasteiger partial charge in [0.1, 0.15) is 0 Å². The lowest BCUT2D eigenvalue weighted by atomic mass is 9.88. The van der Waals surface area contributed by atoms with Crippen LogP contribution >= 0.6 is 11.6 Å². The molecule has 2 saturated heterocycles. The molecule has 0 aliphatic carbocycles. The number of hydrogen-bond donors (Lipinski definition) is 1. The van der Waals surface area contributed by atoms with Gasteiger partial charge in [-0.25, -0.2) is 0 Å². The van der Waals surface area contributed by atoms with Gasteiger partial charge in [-0.15, -0.1) is 0 Å². The van der Waals surface area contributed by atoms with Crippen LogP contribution in [0.15, 0.2) is 18.2 Å². The molecule has 0 unspecified atom stereocenters. The summed E-state index contributed by atoms with van der Waals surface area (Å²) in [6.45, 7) is 4.08. The van der Waals surface area contributed by atoms with Gasteiger partial charge >= 0.3 is 0 Å². The molecule has 1 aromatic rings. The van der Waals surface area contributed by atoms with Crippen LogP contribution in [0.25, 0.3) is 0 Å². The van der Waals surface area contributed by atoms with Crippen LogP contribution in [0.3, 0.4) is 0 Å². The van der Waals surface area contributed by atoms with E-state index < -0.39 is 0 Å². The van der Waals surface area contributed by atoms with Crippen molar-refractivity contribution in [2.75, 3.05) is 26.3 Å². The van der Waals surface area contributed by atoms with Crippen molar-refractivity contribution in [2.24, 2.45) is 5.92 Å². The van der Waals surface area contributed by atoms with Crippen molar-refractivity contribution in [3.8, 4) is 0 Å². The Balaban J connectivity index is 1.66. The molecule has 110 valence electrons. The zero-order chi connectivity index (χ0) is 13.8. The number of benzene rings is 1. The van der Waals surface area contributed by atoms with Gasteiger partial charge in [0.05, 0.1) is 0 Å². The summed E-state index contributed by atoms with van der Waals surface area (Å²) in [6.07, 6.45) is 5.97. The smallest absolute Gasteiger partial charge is 0.0471 e. The molecule has 20 heavy (non-hydrogen) atoms. The van der Waals surface area contributed by atoms with Gasteiger partial charge in [-0.2, -0.15) is 0 Å². The van der Waals surface area contributed by atoms with E-state index in [1.807, 2.05) is 0 Å². The molecular formula is C17H24ClNO. The van der Waals surface area contributed by atoms with Crippen LogP contribution in [-0.2, 0) is 11.2 Å². The third-order valence-corrected chi connectivity index (χ3v) is 5.04. The SMILES string of the molecule is Clc1cc(CC2CCNCC2)ccc1C1CCOCC1. The molecule has 1 aromatic carbocycles. The average molecular weight is 294 g/mol. The van der Waals surface area contributed by atoms with E-state index in [2.05, 4.69) is 23.5 Å². The number of piperidine rings is 1. The molecule has 3 heteroatoms. The lowest BCUT2D eigenvalue weighted by Crippen LogP contribution is -2.28. The fourth-order valence-corrected chi connectivity index (χ4v) is 3.81. The Morgan fingerprint density at radius 2 is 1.85 bits per heavy atom. The second kappa shape index (κ2) is 6.93. The number of hydrogen-bond acceptors (Lipinski definition) is 2. The summed E-state index contributed by atoms with van der Waals surface area (Å²) in [5.41, 5.74) is 2.72. The van der Waals surface area contributed by atoms with Crippen LogP contribution in [0.2, 0.25) is 5.02 Å². The summed E-state index contributed by atoms with van der Waals surface area (Å²) in [7, 11) is 0. The van der Waals surface area contributed by atoms with E-state index in [-0.39, 0.29) is 0 Å². The van der Waals surface area contributed by atoms with E-state index in [0.717, 1.165) is 37.0 Å². The second-order valence-electron chi connectivity index (χ2n) is 6.14. The molecule has 0 atom stereocenters. The molecule has 2 fully saturated rings. The highest BCUT2D eigenvalue weighted by molar-refractivity contribution is 6.31. The molecule has 0 radical (unpaired) electrons. The first-order valence-corrected chi connectivity index (χ1v) is 8.27. The summed E-state index contributed by atoms with van der Waals surface area (Å²) in [5.74, 6) is 1.41. The van der Waals surface area contributed by atoms with Crippen LogP contribution in [0.4, 0.5) is 0 Å². The highest BCUT2D eigenvalue weighted by Crippen LogP contribution is 2.33. The van der Waals surface area contributed by atoms with Gasteiger partial charge in [0.25, 0.3) is 0 Å². The maximum Gasteiger partial charge on any atom is 0.0471 e. The summed E-state index contributed by atoms with van der Waals surface area (Å²) in [6, 6.07) is 6.75. The number of rotatable bonds is 3. The molecule has 0 bridgehead atoms. The lowest BCUT2D eigenvalue weighted by Gasteiger charge is -2.25. The first-order valence-electron chi connectivity index (χ1n) is 7.89. The van der Waals surface area contributed by atoms with E-state index in [1.54, 1.807) is 0 Å². The van der Waals surface area contributed by atoms with E-state index in [1.165, 1.54) is 43.5 Å². The van der Waals surface area contributed by atoms with E-state index in [0.29, 0.717) is 5.92 Å². The fourth-order valence-electron chi connectivity index (χ4n) is 3.46. The highest BCUT2D eigenvalue weighted by atomic mass is 35.5. The van der Waals surface area contributed by atoms with Crippen molar-refractivity contribution >= 4 is 11.6 Å². The first kappa shape index (κ1) is 14.4. The van der Waals surface area contributed by atoms with E-state index in [9.17, 15) is 0 Å². The van der Waals surface area contributed by atoms with Crippen LogP contribution in [0.1, 0.15) is 42.7 Å². The van der Waals surface area contributed by atoms with Gasteiger partial charge in [0, 0.05) is 18.2 Å². The largest absolute Gasteiger partial charge is 0.381 e. The molecule has 2 heterocycles. The van der Waals surface area contributed by atoms with Crippen molar-refractivity contribution in [3.63, 3.8) is 0 Å². The summed E-state index contributed by atoms with van der Waals surface area (Å²) < 4.78 is 5.44. The molecule has 2 aliphatic rings. The predicted molar refractivity (Wildman–Crippen MR) is 83.5 cm³/mol. The Kier molecular flexibility index (Phi) is 4.98. The van der Waals surface area contributed by atoms with Gasteiger partial charge in [0.15, 0.2) is 0 Å². The van der Waals surface area contributed by atoms with Crippen LogP contribution in [0.5, 0.6) is 0 Å². The third-order valence-electron chi connectivity index (χ3n) is 4.71. The summed E-state index contributed by atoms with van der Waals surface area (Å²) >= 11 is 6.53. The normalized spacial score (nSPS) is 22.1. The van der Waals surface area contributed by atoms with Crippen LogP contribution < -0.4 is 5.32 Å². The topological polar surface area (TPSA) is 21.3 Å². The fraction of sp³-hybridized carbons (Fsp3) is 0.647. The molecule has 0 aromatic heterocycles. The number of ether oxygens (including phenoxy) is 1. The zero-order valence-electron chi connectivity index (χ0n) is 12.0. The van der Waals surface area contributed by atoms with Crippen molar-refractivity contribution < 1.29 is 4.74 Å².